The minimum absolute atomic E-state index is 0.0312. The summed E-state index contributed by atoms with van der Waals surface area (Å²) in [7, 11) is 0. The number of alkyl halides is 3. The van der Waals surface area contributed by atoms with Crippen molar-refractivity contribution in [1.29, 1.82) is 0 Å². The Kier molecular flexibility index (Phi) is 5.10. The van der Waals surface area contributed by atoms with E-state index in [-0.39, 0.29) is 33.6 Å². The molecule has 2 aromatic carbocycles. The minimum atomic E-state index is -4.46. The number of carbonyl (C=O) groups excluding carboxylic acids is 1. The molecule has 0 amide bonds. The van der Waals surface area contributed by atoms with Crippen LogP contribution in [0.15, 0.2) is 30.3 Å². The molecular weight excluding hydrogens is 408 g/mol. The van der Waals surface area contributed by atoms with Gasteiger partial charge in [-0.1, -0.05) is 35.3 Å². The van der Waals surface area contributed by atoms with Gasteiger partial charge in [-0.15, -0.1) is 0 Å². The molecule has 0 aliphatic heterocycles. The Hall–Kier alpha value is -2.25. The van der Waals surface area contributed by atoms with E-state index in [1.165, 1.54) is 18.2 Å². The lowest BCUT2D eigenvalue weighted by molar-refractivity contribution is -0.139. The van der Waals surface area contributed by atoms with Crippen LogP contribution in [-0.4, -0.2) is 23.5 Å². The number of Topliss-reactive ketones (excluding diaryl/α,β-unsaturated/α-hetero) is 1. The maximum atomic E-state index is 12.7. The van der Waals surface area contributed by atoms with E-state index in [2.05, 4.69) is 0 Å². The van der Waals surface area contributed by atoms with Crippen molar-refractivity contribution in [3.63, 3.8) is 0 Å². The van der Waals surface area contributed by atoms with E-state index < -0.39 is 30.2 Å². The number of hydrogen-bond donors (Lipinski definition) is 1. The van der Waals surface area contributed by atoms with Crippen molar-refractivity contribution >= 4 is 35.0 Å². The van der Waals surface area contributed by atoms with E-state index >= 15 is 0 Å². The molecule has 0 saturated heterocycles. The molecule has 1 aliphatic carbocycles. The van der Waals surface area contributed by atoms with Gasteiger partial charge in [-0.05, 0) is 35.7 Å². The fourth-order valence-corrected chi connectivity index (χ4v) is 3.50. The number of aliphatic carboxylic acids is 1. The van der Waals surface area contributed by atoms with E-state index in [0.717, 1.165) is 12.1 Å². The van der Waals surface area contributed by atoms with Crippen molar-refractivity contribution in [2.75, 3.05) is 6.61 Å². The fourth-order valence-electron chi connectivity index (χ4n) is 2.99. The smallest absolute Gasteiger partial charge is 0.416 e. The average molecular weight is 419 g/mol. The van der Waals surface area contributed by atoms with Gasteiger partial charge in [0.2, 0.25) is 0 Å². The van der Waals surface area contributed by atoms with Gasteiger partial charge >= 0.3 is 12.1 Å². The summed E-state index contributed by atoms with van der Waals surface area (Å²) in [5, 5.41) is 8.56. The number of benzene rings is 2. The third-order valence-corrected chi connectivity index (χ3v) is 5.08. The molecule has 0 spiro atoms. The summed E-state index contributed by atoms with van der Waals surface area (Å²) in [6.45, 7) is -0.634. The second-order valence-electron chi connectivity index (χ2n) is 5.96. The number of halogens is 5. The Morgan fingerprint density at radius 2 is 1.81 bits per heavy atom. The molecule has 1 atom stereocenters. The number of ketones is 1. The van der Waals surface area contributed by atoms with E-state index in [9.17, 15) is 22.8 Å². The molecule has 1 N–H and O–H groups in total. The summed E-state index contributed by atoms with van der Waals surface area (Å²) in [5.41, 5.74) is 0.290. The lowest BCUT2D eigenvalue weighted by Crippen LogP contribution is -2.10. The number of fused-ring (bicyclic) bond motifs is 1. The molecule has 0 radical (unpaired) electrons. The van der Waals surface area contributed by atoms with Gasteiger partial charge in [0, 0.05) is 5.56 Å². The first-order valence-corrected chi connectivity index (χ1v) is 8.42. The highest BCUT2D eigenvalue weighted by molar-refractivity contribution is 6.45. The van der Waals surface area contributed by atoms with Crippen molar-refractivity contribution < 1.29 is 32.6 Å². The van der Waals surface area contributed by atoms with Crippen LogP contribution < -0.4 is 4.74 Å². The first-order valence-electron chi connectivity index (χ1n) is 7.66. The molecule has 0 fully saturated rings. The van der Waals surface area contributed by atoms with Crippen LogP contribution in [0.5, 0.6) is 5.75 Å². The molecule has 9 heteroatoms. The molecule has 1 aliphatic rings. The van der Waals surface area contributed by atoms with Crippen molar-refractivity contribution in [3.8, 4) is 5.75 Å². The average Bonchev–Trinajstić information content (AvgIpc) is 2.92. The molecule has 2 aromatic rings. The zero-order chi connectivity index (χ0) is 19.9. The zero-order valence-corrected chi connectivity index (χ0v) is 15.0. The predicted octanol–water partition coefficient (Wildman–Crippen LogP) is 5.00. The van der Waals surface area contributed by atoms with Crippen molar-refractivity contribution in [3.05, 3.63) is 62.6 Å². The maximum Gasteiger partial charge on any atom is 0.416 e. The van der Waals surface area contributed by atoms with Gasteiger partial charge in [-0.25, -0.2) is 4.79 Å². The van der Waals surface area contributed by atoms with Crippen molar-refractivity contribution in [1.82, 2.24) is 0 Å². The molecule has 142 valence electrons. The van der Waals surface area contributed by atoms with Gasteiger partial charge in [0.15, 0.2) is 12.4 Å². The molecule has 4 nitrogen and oxygen atoms in total. The predicted molar refractivity (Wildman–Crippen MR) is 91.8 cm³/mol. The molecule has 0 aromatic heterocycles. The molecule has 0 bridgehead atoms. The third kappa shape index (κ3) is 3.75. The summed E-state index contributed by atoms with van der Waals surface area (Å²) < 4.78 is 43.2. The van der Waals surface area contributed by atoms with E-state index in [1.54, 1.807) is 0 Å². The highest BCUT2D eigenvalue weighted by atomic mass is 35.5. The highest BCUT2D eigenvalue weighted by Crippen LogP contribution is 2.45. The summed E-state index contributed by atoms with van der Waals surface area (Å²) in [5.74, 6) is -2.24. The first kappa shape index (κ1) is 19.5. The Bertz CT molecular complexity index is 924. The number of carboxylic acids is 1. The molecular formula is C18H11Cl2F3O4. The van der Waals surface area contributed by atoms with Crippen LogP contribution >= 0.6 is 23.2 Å². The van der Waals surface area contributed by atoms with Gasteiger partial charge in [0.25, 0.3) is 0 Å². The Morgan fingerprint density at radius 1 is 1.19 bits per heavy atom. The van der Waals surface area contributed by atoms with Gasteiger partial charge in [-0.2, -0.15) is 13.2 Å². The second kappa shape index (κ2) is 7.05. The molecule has 0 saturated carbocycles. The first-order chi connectivity index (χ1) is 12.6. The summed E-state index contributed by atoms with van der Waals surface area (Å²) >= 11 is 12.2. The number of ether oxygens (including phenoxy) is 1. The largest absolute Gasteiger partial charge is 0.480 e. The van der Waals surface area contributed by atoms with Crippen LogP contribution in [0.2, 0.25) is 10.0 Å². The lowest BCUT2D eigenvalue weighted by Gasteiger charge is -2.11. The molecule has 0 unspecified atom stereocenters. The number of hydrogen-bond acceptors (Lipinski definition) is 3. The molecule has 3 rings (SSSR count). The van der Waals surface area contributed by atoms with Crippen LogP contribution in [0, 0.1) is 0 Å². The standard InChI is InChI=1S/C18H11Cl2F3O4/c19-15-12(27-7-13(24)25)6-9-5-11(17(26)14(9)16(15)20)8-1-3-10(4-2-8)18(21,22)23/h1-4,6,11H,5,7H2,(H,24,25)/t11-/m1/s1. The maximum absolute atomic E-state index is 12.7. The quantitative estimate of drug-likeness (QED) is 0.758. The van der Waals surface area contributed by atoms with Crippen LogP contribution in [0.1, 0.15) is 33.0 Å². The van der Waals surface area contributed by atoms with Gasteiger partial charge in [0.05, 0.1) is 16.5 Å². The number of carbonyl (C=O) groups is 2. The van der Waals surface area contributed by atoms with Crippen LogP contribution in [0.25, 0.3) is 0 Å². The second-order valence-corrected chi connectivity index (χ2v) is 6.72. The van der Waals surface area contributed by atoms with Gasteiger partial charge in [0.1, 0.15) is 10.8 Å². The monoisotopic (exact) mass is 418 g/mol. The minimum Gasteiger partial charge on any atom is -0.480 e. The normalized spacial score (nSPS) is 16.3. The van der Waals surface area contributed by atoms with Gasteiger partial charge < -0.3 is 9.84 Å². The van der Waals surface area contributed by atoms with Gasteiger partial charge in [-0.3, -0.25) is 4.79 Å². The molecule has 0 heterocycles. The van der Waals surface area contributed by atoms with E-state index in [4.69, 9.17) is 33.0 Å². The van der Waals surface area contributed by atoms with Crippen LogP contribution in [-0.2, 0) is 17.4 Å². The summed E-state index contributed by atoms with van der Waals surface area (Å²) in [4.78, 5) is 23.4. The van der Waals surface area contributed by atoms with E-state index in [1.807, 2.05) is 0 Å². The summed E-state index contributed by atoms with van der Waals surface area (Å²) in [6, 6.07) is 5.79. The number of rotatable bonds is 4. The van der Waals surface area contributed by atoms with Crippen LogP contribution in [0.4, 0.5) is 13.2 Å². The Labute approximate surface area is 161 Å². The third-order valence-electron chi connectivity index (χ3n) is 4.23. The van der Waals surface area contributed by atoms with Crippen molar-refractivity contribution in [2.45, 2.75) is 18.5 Å². The fraction of sp³-hybridized carbons (Fsp3) is 0.222. The Balaban J connectivity index is 1.93. The topological polar surface area (TPSA) is 63.6 Å². The van der Waals surface area contributed by atoms with Crippen molar-refractivity contribution in [2.24, 2.45) is 0 Å². The SMILES string of the molecule is O=C(O)COc1cc2c(c(Cl)c1Cl)C(=O)[C@@H](c1ccc(C(F)(F)F)cc1)C2. The Morgan fingerprint density at radius 3 is 2.37 bits per heavy atom. The van der Waals surface area contributed by atoms with Crippen LogP contribution in [0.3, 0.4) is 0 Å². The summed E-state index contributed by atoms with van der Waals surface area (Å²) in [6.07, 6.45) is -4.27. The van der Waals surface area contributed by atoms with E-state index in [0.29, 0.717) is 11.1 Å². The lowest BCUT2D eigenvalue weighted by atomic mass is 9.94. The zero-order valence-electron chi connectivity index (χ0n) is 13.4. The number of carboxylic acid groups (broad SMARTS) is 1. The highest BCUT2D eigenvalue weighted by Gasteiger charge is 2.36. The molecule has 27 heavy (non-hydrogen) atoms.